The highest BCUT2D eigenvalue weighted by Crippen LogP contribution is 2.13. The van der Waals surface area contributed by atoms with Crippen LogP contribution in [-0.4, -0.2) is 34.9 Å². The Morgan fingerprint density at radius 2 is 2.11 bits per heavy atom. The van der Waals surface area contributed by atoms with Crippen LogP contribution in [0.25, 0.3) is 0 Å². The summed E-state index contributed by atoms with van der Waals surface area (Å²) in [6.07, 6.45) is -1.62. The van der Waals surface area contributed by atoms with Crippen molar-refractivity contribution in [3.8, 4) is 0 Å². The van der Waals surface area contributed by atoms with Gasteiger partial charge >= 0.3 is 12.0 Å². The first-order valence-electron chi connectivity index (χ1n) is 5.62. The molecule has 19 heavy (non-hydrogen) atoms. The molecule has 0 unspecified atom stereocenters. The molecule has 1 aromatic rings. The smallest absolute Gasteiger partial charge is 0.332 e. The maximum Gasteiger partial charge on any atom is 0.332 e. The van der Waals surface area contributed by atoms with E-state index in [0.717, 1.165) is 0 Å². The van der Waals surface area contributed by atoms with Gasteiger partial charge in [0.2, 0.25) is 0 Å². The molecule has 1 rings (SSSR count). The second kappa shape index (κ2) is 6.69. The van der Waals surface area contributed by atoms with Crippen molar-refractivity contribution in [3.05, 3.63) is 29.6 Å². The highest BCUT2D eigenvalue weighted by Gasteiger charge is 2.12. The Bertz CT molecular complexity index is 479. The summed E-state index contributed by atoms with van der Waals surface area (Å²) in [5.74, 6) is -1.78. The highest BCUT2D eigenvalue weighted by atomic mass is 19.1. The van der Waals surface area contributed by atoms with Crippen LogP contribution in [0.3, 0.4) is 0 Å². The van der Waals surface area contributed by atoms with Crippen molar-refractivity contribution in [1.82, 2.24) is 5.32 Å². The van der Waals surface area contributed by atoms with Gasteiger partial charge in [-0.25, -0.2) is 14.0 Å². The fourth-order valence-corrected chi connectivity index (χ4v) is 1.29. The van der Waals surface area contributed by atoms with Gasteiger partial charge in [-0.2, -0.15) is 0 Å². The summed E-state index contributed by atoms with van der Waals surface area (Å²) in [5.41, 5.74) is 0.759. The number of halogens is 1. The molecule has 0 aromatic heterocycles. The first-order chi connectivity index (χ1) is 8.90. The Kier molecular flexibility index (Phi) is 5.25. The number of carboxylic acids is 1. The lowest BCUT2D eigenvalue weighted by Crippen LogP contribution is -2.33. The molecule has 0 radical (unpaired) electrons. The van der Waals surface area contributed by atoms with Gasteiger partial charge in [-0.05, 0) is 24.6 Å². The van der Waals surface area contributed by atoms with Crippen LogP contribution >= 0.6 is 0 Å². The van der Waals surface area contributed by atoms with Gasteiger partial charge in [0.25, 0.3) is 0 Å². The van der Waals surface area contributed by atoms with Crippen LogP contribution < -0.4 is 10.6 Å². The number of carboxylic acid groups (broad SMARTS) is 1. The molecule has 4 N–H and O–H groups in total. The SMILES string of the molecule is Cc1ccc(NC(=O)NCC[C@H](O)C(=O)O)cc1F. The standard InChI is InChI=1S/C12H15FN2O4/c1-7-2-3-8(6-9(7)13)15-12(19)14-5-4-10(16)11(17)18/h2-3,6,10,16H,4-5H2,1H3,(H,17,18)(H2,14,15,19)/t10-/m0/s1. The lowest BCUT2D eigenvalue weighted by atomic mass is 10.2. The lowest BCUT2D eigenvalue weighted by Gasteiger charge is -2.09. The minimum Gasteiger partial charge on any atom is -0.479 e. The Hall–Kier alpha value is -2.15. The molecular formula is C12H15FN2O4. The number of carbonyl (C=O) groups is 2. The van der Waals surface area contributed by atoms with E-state index in [0.29, 0.717) is 11.3 Å². The number of nitrogens with one attached hydrogen (secondary N) is 2. The molecule has 0 bridgehead atoms. The summed E-state index contributed by atoms with van der Waals surface area (Å²) in [6.45, 7) is 1.60. The zero-order valence-electron chi connectivity index (χ0n) is 10.3. The molecule has 104 valence electrons. The molecule has 1 atom stereocenters. The number of hydrogen-bond donors (Lipinski definition) is 4. The zero-order valence-corrected chi connectivity index (χ0v) is 10.3. The van der Waals surface area contributed by atoms with Gasteiger partial charge in [0.15, 0.2) is 6.10 Å². The molecule has 0 aliphatic heterocycles. The summed E-state index contributed by atoms with van der Waals surface area (Å²) < 4.78 is 13.2. The van der Waals surface area contributed by atoms with Crippen LogP contribution in [0, 0.1) is 12.7 Å². The fourth-order valence-electron chi connectivity index (χ4n) is 1.29. The minimum atomic E-state index is -1.52. The van der Waals surface area contributed by atoms with Crippen molar-refractivity contribution in [2.24, 2.45) is 0 Å². The van der Waals surface area contributed by atoms with Gasteiger partial charge in [0.05, 0.1) is 0 Å². The normalized spacial score (nSPS) is 11.7. The first kappa shape index (κ1) is 14.9. The Morgan fingerprint density at radius 3 is 2.68 bits per heavy atom. The molecule has 0 saturated carbocycles. The van der Waals surface area contributed by atoms with Crippen molar-refractivity contribution in [1.29, 1.82) is 0 Å². The molecule has 0 heterocycles. The molecule has 2 amide bonds. The maximum atomic E-state index is 13.2. The number of benzene rings is 1. The van der Waals surface area contributed by atoms with Crippen molar-refractivity contribution in [3.63, 3.8) is 0 Å². The van der Waals surface area contributed by atoms with Gasteiger partial charge < -0.3 is 20.8 Å². The van der Waals surface area contributed by atoms with E-state index in [2.05, 4.69) is 10.6 Å². The van der Waals surface area contributed by atoms with Crippen LogP contribution in [0.2, 0.25) is 0 Å². The summed E-state index contributed by atoms with van der Waals surface area (Å²) in [5, 5.41) is 22.1. The maximum absolute atomic E-state index is 13.2. The van der Waals surface area contributed by atoms with E-state index in [1.807, 2.05) is 0 Å². The van der Waals surface area contributed by atoms with E-state index in [4.69, 9.17) is 10.2 Å². The number of aryl methyl sites for hydroxylation is 1. The van der Waals surface area contributed by atoms with E-state index in [9.17, 15) is 14.0 Å². The molecule has 0 saturated heterocycles. The predicted molar refractivity (Wildman–Crippen MR) is 66.4 cm³/mol. The zero-order chi connectivity index (χ0) is 14.4. The van der Waals surface area contributed by atoms with Crippen LogP contribution in [0.4, 0.5) is 14.9 Å². The predicted octanol–water partition coefficient (Wildman–Crippen LogP) is 1.09. The number of urea groups is 1. The lowest BCUT2D eigenvalue weighted by molar-refractivity contribution is -0.146. The van der Waals surface area contributed by atoms with Gasteiger partial charge in [-0.1, -0.05) is 6.07 Å². The Labute approximate surface area is 109 Å². The van der Waals surface area contributed by atoms with Gasteiger partial charge in [0, 0.05) is 18.7 Å². The van der Waals surface area contributed by atoms with Crippen molar-refractivity contribution in [2.45, 2.75) is 19.4 Å². The molecule has 0 spiro atoms. The summed E-state index contributed by atoms with van der Waals surface area (Å²) >= 11 is 0. The topological polar surface area (TPSA) is 98.7 Å². The van der Waals surface area contributed by atoms with E-state index in [1.165, 1.54) is 12.1 Å². The Morgan fingerprint density at radius 1 is 1.42 bits per heavy atom. The quantitative estimate of drug-likeness (QED) is 0.643. The summed E-state index contributed by atoms with van der Waals surface area (Å²) in [4.78, 5) is 21.7. The van der Waals surface area contributed by atoms with Gasteiger partial charge in [-0.15, -0.1) is 0 Å². The Balaban J connectivity index is 2.39. The number of hydrogen-bond acceptors (Lipinski definition) is 3. The molecule has 0 fully saturated rings. The van der Waals surface area contributed by atoms with Crippen LogP contribution in [0.5, 0.6) is 0 Å². The summed E-state index contributed by atoms with van der Waals surface area (Å²) in [7, 11) is 0. The number of carbonyl (C=O) groups excluding carboxylic acids is 1. The van der Waals surface area contributed by atoms with Crippen molar-refractivity contribution < 1.29 is 24.2 Å². The largest absolute Gasteiger partial charge is 0.479 e. The van der Waals surface area contributed by atoms with Crippen LogP contribution in [0.1, 0.15) is 12.0 Å². The van der Waals surface area contributed by atoms with E-state index in [1.54, 1.807) is 13.0 Å². The molecule has 7 heteroatoms. The first-order valence-corrected chi connectivity index (χ1v) is 5.62. The molecule has 6 nitrogen and oxygen atoms in total. The molecule has 1 aromatic carbocycles. The van der Waals surface area contributed by atoms with Gasteiger partial charge in [0.1, 0.15) is 5.82 Å². The van der Waals surface area contributed by atoms with Crippen LogP contribution in [-0.2, 0) is 4.79 Å². The number of anilines is 1. The third kappa shape index (κ3) is 4.92. The number of amides is 2. The second-order valence-corrected chi connectivity index (χ2v) is 3.99. The molecule has 0 aliphatic carbocycles. The third-order valence-corrected chi connectivity index (χ3v) is 2.42. The van der Waals surface area contributed by atoms with Crippen molar-refractivity contribution in [2.75, 3.05) is 11.9 Å². The number of rotatable bonds is 5. The minimum absolute atomic E-state index is 0.00631. The number of aliphatic hydroxyl groups is 1. The van der Waals surface area contributed by atoms with Gasteiger partial charge in [-0.3, -0.25) is 0 Å². The third-order valence-electron chi connectivity index (χ3n) is 2.42. The summed E-state index contributed by atoms with van der Waals surface area (Å²) in [6, 6.07) is 3.66. The van der Waals surface area contributed by atoms with E-state index < -0.39 is 23.9 Å². The molecular weight excluding hydrogens is 255 g/mol. The number of aliphatic carboxylic acids is 1. The average Bonchev–Trinajstić information content (AvgIpc) is 2.33. The van der Waals surface area contributed by atoms with Crippen molar-refractivity contribution >= 4 is 17.7 Å². The second-order valence-electron chi connectivity index (χ2n) is 3.99. The van der Waals surface area contributed by atoms with Crippen LogP contribution in [0.15, 0.2) is 18.2 Å². The van der Waals surface area contributed by atoms with E-state index in [-0.39, 0.29) is 13.0 Å². The monoisotopic (exact) mass is 270 g/mol. The highest BCUT2D eigenvalue weighted by molar-refractivity contribution is 5.89. The fraction of sp³-hybridized carbons (Fsp3) is 0.333. The number of aliphatic hydroxyl groups excluding tert-OH is 1. The average molecular weight is 270 g/mol. The molecule has 0 aliphatic rings. The van der Waals surface area contributed by atoms with E-state index >= 15 is 0 Å².